The summed E-state index contributed by atoms with van der Waals surface area (Å²) < 4.78 is 13.7. The molecule has 2 aromatic rings. The van der Waals surface area contributed by atoms with Crippen molar-refractivity contribution in [2.75, 3.05) is 63.6 Å². The van der Waals surface area contributed by atoms with Crippen molar-refractivity contribution < 1.29 is 9.18 Å². The minimum atomic E-state index is -0.398. The Balaban J connectivity index is 1.51. The van der Waals surface area contributed by atoms with Gasteiger partial charge in [-0.3, -0.25) is 9.69 Å². The molecule has 1 atom stereocenters. The Labute approximate surface area is 180 Å². The largest absolute Gasteiger partial charge is 0.363 e. The van der Waals surface area contributed by atoms with E-state index >= 15 is 0 Å². The number of carbonyl (C=O) groups is 1. The number of fused-ring (bicyclic) bond motifs is 1. The van der Waals surface area contributed by atoms with E-state index in [9.17, 15) is 9.18 Å². The quantitative estimate of drug-likeness (QED) is 0.777. The molecule has 0 bridgehead atoms. The van der Waals surface area contributed by atoms with Gasteiger partial charge in [-0.1, -0.05) is 17.7 Å². The lowest BCUT2D eigenvalue weighted by molar-refractivity contribution is -0.117. The highest BCUT2D eigenvalue weighted by Crippen LogP contribution is 2.30. The number of benzene rings is 1. The van der Waals surface area contributed by atoms with Gasteiger partial charge in [-0.25, -0.2) is 14.4 Å². The minimum absolute atomic E-state index is 0.114. The Morgan fingerprint density at radius 3 is 2.70 bits per heavy atom. The van der Waals surface area contributed by atoms with Crippen LogP contribution in [0.3, 0.4) is 0 Å². The third-order valence-corrected chi connectivity index (χ3v) is 5.96. The van der Waals surface area contributed by atoms with Crippen molar-refractivity contribution in [2.24, 2.45) is 0 Å². The Morgan fingerprint density at radius 2 is 2.00 bits per heavy atom. The van der Waals surface area contributed by atoms with Crippen LogP contribution < -0.4 is 10.2 Å². The Morgan fingerprint density at radius 1 is 1.23 bits per heavy atom. The SMILES string of the molecule is CN(C)CC(c1ccc(F)c(Cl)c1)N1CCN(c2ncnc3c2CC(=O)CN3)CC1. The molecule has 1 unspecified atom stereocenters. The number of likely N-dealkylation sites (N-methyl/N-ethyl adjacent to an activating group) is 1. The van der Waals surface area contributed by atoms with Crippen LogP contribution >= 0.6 is 11.6 Å². The van der Waals surface area contributed by atoms with E-state index in [0.29, 0.717) is 13.0 Å². The van der Waals surface area contributed by atoms with E-state index in [1.165, 1.54) is 6.07 Å². The predicted octanol–water partition coefficient (Wildman–Crippen LogP) is 2.23. The first-order chi connectivity index (χ1) is 14.4. The summed E-state index contributed by atoms with van der Waals surface area (Å²) in [5.74, 6) is 1.35. The highest BCUT2D eigenvalue weighted by molar-refractivity contribution is 6.30. The Hall–Kier alpha value is -2.29. The molecule has 0 saturated carbocycles. The number of aromatic nitrogens is 2. The molecule has 30 heavy (non-hydrogen) atoms. The zero-order chi connectivity index (χ0) is 21.3. The van der Waals surface area contributed by atoms with Crippen molar-refractivity contribution in [3.05, 3.63) is 46.5 Å². The first-order valence-electron chi connectivity index (χ1n) is 10.1. The van der Waals surface area contributed by atoms with Crippen LogP contribution in [0.4, 0.5) is 16.0 Å². The van der Waals surface area contributed by atoms with Gasteiger partial charge < -0.3 is 15.1 Å². The molecule has 1 fully saturated rings. The van der Waals surface area contributed by atoms with Crippen molar-refractivity contribution in [3.8, 4) is 0 Å². The van der Waals surface area contributed by atoms with E-state index in [2.05, 4.69) is 30.0 Å². The van der Waals surface area contributed by atoms with Gasteiger partial charge in [0.25, 0.3) is 0 Å². The predicted molar refractivity (Wildman–Crippen MR) is 116 cm³/mol. The molecule has 2 aliphatic heterocycles. The highest BCUT2D eigenvalue weighted by atomic mass is 35.5. The molecule has 0 aliphatic carbocycles. The highest BCUT2D eigenvalue weighted by Gasteiger charge is 2.29. The van der Waals surface area contributed by atoms with Crippen LogP contribution in [-0.2, 0) is 11.2 Å². The summed E-state index contributed by atoms with van der Waals surface area (Å²) in [6.07, 6.45) is 1.93. The molecule has 1 aromatic heterocycles. The van der Waals surface area contributed by atoms with E-state index in [1.54, 1.807) is 12.4 Å². The van der Waals surface area contributed by atoms with E-state index in [0.717, 1.165) is 55.5 Å². The van der Waals surface area contributed by atoms with Crippen molar-refractivity contribution in [3.63, 3.8) is 0 Å². The molecular weight excluding hydrogens is 407 g/mol. The molecule has 1 N–H and O–H groups in total. The van der Waals surface area contributed by atoms with Gasteiger partial charge in [-0.05, 0) is 31.8 Å². The molecule has 160 valence electrons. The van der Waals surface area contributed by atoms with Crippen LogP contribution in [0.5, 0.6) is 0 Å². The normalized spacial score (nSPS) is 18.3. The number of ketones is 1. The topological polar surface area (TPSA) is 64.6 Å². The number of carbonyl (C=O) groups excluding carboxylic acids is 1. The van der Waals surface area contributed by atoms with Crippen LogP contribution in [0.25, 0.3) is 0 Å². The zero-order valence-corrected chi connectivity index (χ0v) is 18.0. The number of Topliss-reactive ketones (excluding diaryl/α,β-unsaturated/α-hetero) is 1. The van der Waals surface area contributed by atoms with Crippen LogP contribution in [0.2, 0.25) is 5.02 Å². The minimum Gasteiger partial charge on any atom is -0.363 e. The molecule has 0 radical (unpaired) electrons. The smallest absolute Gasteiger partial charge is 0.156 e. The number of nitrogens with one attached hydrogen (secondary N) is 1. The molecule has 0 amide bonds. The van der Waals surface area contributed by atoms with E-state index < -0.39 is 5.82 Å². The van der Waals surface area contributed by atoms with Gasteiger partial charge in [0, 0.05) is 50.7 Å². The first kappa shape index (κ1) is 21.0. The number of anilines is 2. The van der Waals surface area contributed by atoms with E-state index in [4.69, 9.17) is 11.6 Å². The van der Waals surface area contributed by atoms with Crippen molar-refractivity contribution in [1.29, 1.82) is 0 Å². The fourth-order valence-corrected chi connectivity index (χ4v) is 4.36. The average molecular weight is 433 g/mol. The average Bonchev–Trinajstić information content (AvgIpc) is 2.74. The molecule has 1 aromatic carbocycles. The lowest BCUT2D eigenvalue weighted by Gasteiger charge is -2.41. The van der Waals surface area contributed by atoms with Gasteiger partial charge in [0.15, 0.2) is 5.78 Å². The number of piperazine rings is 1. The van der Waals surface area contributed by atoms with Crippen LogP contribution in [-0.4, -0.2) is 78.9 Å². The van der Waals surface area contributed by atoms with Gasteiger partial charge in [0.05, 0.1) is 11.6 Å². The molecule has 7 nitrogen and oxygen atoms in total. The van der Waals surface area contributed by atoms with Gasteiger partial charge in [-0.15, -0.1) is 0 Å². The van der Waals surface area contributed by atoms with Gasteiger partial charge in [-0.2, -0.15) is 0 Å². The Bertz CT molecular complexity index is 932. The number of hydrogen-bond donors (Lipinski definition) is 1. The van der Waals surface area contributed by atoms with E-state index in [1.807, 2.05) is 20.2 Å². The lowest BCUT2D eigenvalue weighted by atomic mass is 10.0. The summed E-state index contributed by atoms with van der Waals surface area (Å²) in [6, 6.07) is 5.10. The maximum absolute atomic E-state index is 13.7. The van der Waals surface area contributed by atoms with E-state index in [-0.39, 0.29) is 16.8 Å². The molecule has 2 aliphatic rings. The molecule has 3 heterocycles. The summed E-state index contributed by atoms with van der Waals surface area (Å²) in [5.41, 5.74) is 1.90. The fourth-order valence-electron chi connectivity index (χ4n) is 4.18. The third kappa shape index (κ3) is 4.40. The van der Waals surface area contributed by atoms with Crippen molar-refractivity contribution in [1.82, 2.24) is 19.8 Å². The van der Waals surface area contributed by atoms with Crippen molar-refractivity contribution >= 4 is 29.0 Å². The van der Waals surface area contributed by atoms with Crippen LogP contribution in [0, 0.1) is 5.82 Å². The second-order valence-electron chi connectivity index (χ2n) is 8.07. The maximum atomic E-state index is 13.7. The second kappa shape index (κ2) is 8.83. The standard InChI is InChI=1S/C21H26ClFN6O/c1-27(2)12-19(14-3-4-18(23)17(22)9-14)28-5-7-29(8-6-28)21-16-10-15(30)11-24-20(16)25-13-26-21/h3-4,9,13,19H,5-8,10-12H2,1-2H3,(H,24,25,26). The summed E-state index contributed by atoms with van der Waals surface area (Å²) in [4.78, 5) is 27.4. The molecule has 1 saturated heterocycles. The summed E-state index contributed by atoms with van der Waals surface area (Å²) in [7, 11) is 4.07. The molecule has 4 rings (SSSR count). The summed E-state index contributed by atoms with van der Waals surface area (Å²) >= 11 is 6.05. The van der Waals surface area contributed by atoms with Crippen LogP contribution in [0.1, 0.15) is 17.2 Å². The van der Waals surface area contributed by atoms with Gasteiger partial charge in [0.1, 0.15) is 23.8 Å². The zero-order valence-electron chi connectivity index (χ0n) is 17.2. The fraction of sp³-hybridized carbons (Fsp3) is 0.476. The molecule has 9 heteroatoms. The number of hydrogen-bond acceptors (Lipinski definition) is 7. The summed E-state index contributed by atoms with van der Waals surface area (Å²) in [5, 5.41) is 3.24. The number of rotatable bonds is 5. The lowest BCUT2D eigenvalue weighted by Crippen LogP contribution is -2.50. The number of nitrogens with zero attached hydrogens (tertiary/aromatic N) is 5. The molecular formula is C21H26ClFN6O. The van der Waals surface area contributed by atoms with Gasteiger partial charge in [0.2, 0.25) is 0 Å². The molecule has 0 spiro atoms. The summed E-state index contributed by atoms with van der Waals surface area (Å²) in [6.45, 7) is 4.36. The van der Waals surface area contributed by atoms with Crippen LogP contribution in [0.15, 0.2) is 24.5 Å². The second-order valence-corrected chi connectivity index (χ2v) is 8.48. The number of halogens is 2. The monoisotopic (exact) mass is 432 g/mol. The van der Waals surface area contributed by atoms with Gasteiger partial charge >= 0.3 is 0 Å². The maximum Gasteiger partial charge on any atom is 0.156 e. The van der Waals surface area contributed by atoms with Crippen molar-refractivity contribution in [2.45, 2.75) is 12.5 Å². The third-order valence-electron chi connectivity index (χ3n) is 5.67. The Kier molecular flexibility index (Phi) is 6.17. The first-order valence-corrected chi connectivity index (χ1v) is 10.5.